The SMILES string of the molecule is C1=C(C23CC4CC(CC(C4)C2)C3)CNCC1. The zero-order valence-electron chi connectivity index (χ0n) is 10.2. The van der Waals surface area contributed by atoms with Crippen molar-refractivity contribution in [2.75, 3.05) is 13.1 Å². The van der Waals surface area contributed by atoms with Gasteiger partial charge in [0.2, 0.25) is 0 Å². The van der Waals surface area contributed by atoms with Crippen LogP contribution in [0.5, 0.6) is 0 Å². The molecule has 1 aliphatic heterocycles. The summed E-state index contributed by atoms with van der Waals surface area (Å²) in [4.78, 5) is 0. The van der Waals surface area contributed by atoms with E-state index in [0.717, 1.165) is 17.8 Å². The molecule has 0 amide bonds. The molecule has 0 radical (unpaired) electrons. The molecule has 1 heteroatoms. The number of rotatable bonds is 1. The molecule has 5 aliphatic rings. The molecule has 0 aromatic carbocycles. The lowest BCUT2D eigenvalue weighted by molar-refractivity contribution is -0.0320. The van der Waals surface area contributed by atoms with Gasteiger partial charge in [0.15, 0.2) is 0 Å². The fraction of sp³-hybridized carbons (Fsp3) is 0.867. The van der Waals surface area contributed by atoms with Crippen LogP contribution in [-0.2, 0) is 0 Å². The molecule has 4 fully saturated rings. The van der Waals surface area contributed by atoms with Crippen LogP contribution in [-0.4, -0.2) is 13.1 Å². The maximum atomic E-state index is 3.59. The van der Waals surface area contributed by atoms with Gasteiger partial charge in [0.05, 0.1) is 0 Å². The Balaban J connectivity index is 1.68. The largest absolute Gasteiger partial charge is 0.313 e. The average molecular weight is 217 g/mol. The van der Waals surface area contributed by atoms with E-state index in [1.165, 1.54) is 38.8 Å². The molecule has 4 saturated carbocycles. The predicted octanol–water partition coefficient (Wildman–Crippen LogP) is 3.12. The summed E-state index contributed by atoms with van der Waals surface area (Å²) in [6, 6.07) is 0. The van der Waals surface area contributed by atoms with Crippen LogP contribution in [0.2, 0.25) is 0 Å². The second kappa shape index (κ2) is 3.35. The normalized spacial score (nSPS) is 50.5. The van der Waals surface area contributed by atoms with Gasteiger partial charge in [-0.3, -0.25) is 0 Å². The lowest BCUT2D eigenvalue weighted by atomic mass is 9.47. The van der Waals surface area contributed by atoms with Crippen LogP contribution in [0.25, 0.3) is 0 Å². The molecule has 1 N–H and O–H groups in total. The summed E-state index contributed by atoms with van der Waals surface area (Å²) in [6.45, 7) is 2.40. The van der Waals surface area contributed by atoms with Crippen LogP contribution >= 0.6 is 0 Å². The highest BCUT2D eigenvalue weighted by atomic mass is 14.9. The smallest absolute Gasteiger partial charge is 0.0170 e. The second-order valence-electron chi connectivity index (χ2n) is 6.89. The molecule has 4 bridgehead atoms. The van der Waals surface area contributed by atoms with Crippen LogP contribution in [0, 0.1) is 23.2 Å². The zero-order chi connectivity index (χ0) is 10.6. The van der Waals surface area contributed by atoms with Crippen molar-refractivity contribution in [1.82, 2.24) is 5.32 Å². The van der Waals surface area contributed by atoms with Gasteiger partial charge in [-0.1, -0.05) is 11.6 Å². The molecule has 0 unspecified atom stereocenters. The highest BCUT2D eigenvalue weighted by Crippen LogP contribution is 2.62. The molecule has 5 rings (SSSR count). The maximum Gasteiger partial charge on any atom is 0.0170 e. The van der Waals surface area contributed by atoms with Crippen LogP contribution < -0.4 is 5.32 Å². The summed E-state index contributed by atoms with van der Waals surface area (Å²) < 4.78 is 0. The Morgan fingerprint density at radius 2 is 1.62 bits per heavy atom. The lowest BCUT2D eigenvalue weighted by Crippen LogP contribution is -2.48. The van der Waals surface area contributed by atoms with E-state index in [-0.39, 0.29) is 0 Å². The molecular weight excluding hydrogens is 194 g/mol. The summed E-state index contributed by atoms with van der Waals surface area (Å²) in [6.07, 6.45) is 13.2. The van der Waals surface area contributed by atoms with Gasteiger partial charge in [-0.2, -0.15) is 0 Å². The molecule has 0 saturated heterocycles. The summed E-state index contributed by atoms with van der Waals surface area (Å²) in [7, 11) is 0. The molecule has 16 heavy (non-hydrogen) atoms. The molecule has 0 aromatic heterocycles. The third-order valence-electron chi connectivity index (χ3n) is 5.75. The van der Waals surface area contributed by atoms with Crippen molar-refractivity contribution in [1.29, 1.82) is 0 Å². The van der Waals surface area contributed by atoms with E-state index in [1.807, 2.05) is 0 Å². The third kappa shape index (κ3) is 1.33. The van der Waals surface area contributed by atoms with Gasteiger partial charge in [-0.25, -0.2) is 0 Å². The Kier molecular flexibility index (Phi) is 2.03. The maximum absolute atomic E-state index is 3.59. The minimum Gasteiger partial charge on any atom is -0.313 e. The Hall–Kier alpha value is -0.300. The van der Waals surface area contributed by atoms with Crippen LogP contribution in [0.15, 0.2) is 11.6 Å². The van der Waals surface area contributed by atoms with Gasteiger partial charge < -0.3 is 5.32 Å². The standard InChI is InChI=1S/C15H23N/c1-2-14(10-16-3-1)15-7-11-4-12(8-15)6-13(5-11)9-15/h2,11-13,16H,1,3-10H2. The van der Waals surface area contributed by atoms with Crippen LogP contribution in [0.1, 0.15) is 44.9 Å². The second-order valence-corrected chi connectivity index (χ2v) is 6.89. The number of nitrogens with one attached hydrogen (secondary N) is 1. The van der Waals surface area contributed by atoms with E-state index in [1.54, 1.807) is 24.8 Å². The monoisotopic (exact) mass is 217 g/mol. The van der Waals surface area contributed by atoms with Gasteiger partial charge in [0.25, 0.3) is 0 Å². The van der Waals surface area contributed by atoms with Crippen molar-refractivity contribution in [3.05, 3.63) is 11.6 Å². The Morgan fingerprint density at radius 3 is 2.12 bits per heavy atom. The van der Waals surface area contributed by atoms with E-state index in [9.17, 15) is 0 Å². The number of hydrogen-bond donors (Lipinski definition) is 1. The molecule has 0 aromatic rings. The van der Waals surface area contributed by atoms with Crippen LogP contribution in [0.3, 0.4) is 0 Å². The molecule has 1 heterocycles. The molecule has 0 spiro atoms. The fourth-order valence-corrected chi connectivity index (χ4v) is 5.55. The predicted molar refractivity (Wildman–Crippen MR) is 66.2 cm³/mol. The average Bonchev–Trinajstić information content (AvgIpc) is 2.28. The first-order valence-corrected chi connectivity index (χ1v) is 7.24. The molecule has 4 aliphatic carbocycles. The van der Waals surface area contributed by atoms with Crippen LogP contribution in [0.4, 0.5) is 0 Å². The Morgan fingerprint density at radius 1 is 1.00 bits per heavy atom. The van der Waals surface area contributed by atoms with Crippen molar-refractivity contribution < 1.29 is 0 Å². The first-order chi connectivity index (χ1) is 7.84. The first kappa shape index (κ1) is 9.70. The quantitative estimate of drug-likeness (QED) is 0.665. The van der Waals surface area contributed by atoms with E-state index < -0.39 is 0 Å². The van der Waals surface area contributed by atoms with Gasteiger partial charge in [0, 0.05) is 6.54 Å². The topological polar surface area (TPSA) is 12.0 Å². The van der Waals surface area contributed by atoms with E-state index in [4.69, 9.17) is 0 Å². The van der Waals surface area contributed by atoms with Gasteiger partial charge in [-0.15, -0.1) is 0 Å². The summed E-state index contributed by atoms with van der Waals surface area (Å²) in [5.41, 5.74) is 2.47. The summed E-state index contributed by atoms with van der Waals surface area (Å²) >= 11 is 0. The van der Waals surface area contributed by atoms with Crippen molar-refractivity contribution in [3.8, 4) is 0 Å². The van der Waals surface area contributed by atoms with E-state index in [2.05, 4.69) is 11.4 Å². The minimum absolute atomic E-state index is 0.669. The first-order valence-electron chi connectivity index (χ1n) is 7.24. The van der Waals surface area contributed by atoms with Gasteiger partial charge >= 0.3 is 0 Å². The zero-order valence-corrected chi connectivity index (χ0v) is 10.2. The van der Waals surface area contributed by atoms with Gasteiger partial charge in [-0.05, 0) is 74.7 Å². The molecule has 88 valence electrons. The summed E-state index contributed by atoms with van der Waals surface area (Å²) in [5, 5.41) is 3.59. The van der Waals surface area contributed by atoms with Crippen molar-refractivity contribution >= 4 is 0 Å². The lowest BCUT2D eigenvalue weighted by Gasteiger charge is -2.58. The highest BCUT2D eigenvalue weighted by molar-refractivity contribution is 5.23. The van der Waals surface area contributed by atoms with Crippen molar-refractivity contribution in [2.24, 2.45) is 23.2 Å². The summed E-state index contributed by atoms with van der Waals surface area (Å²) in [5.74, 6) is 3.28. The fourth-order valence-electron chi connectivity index (χ4n) is 5.55. The van der Waals surface area contributed by atoms with Crippen molar-refractivity contribution in [2.45, 2.75) is 44.9 Å². The van der Waals surface area contributed by atoms with Crippen molar-refractivity contribution in [3.63, 3.8) is 0 Å². The number of hydrogen-bond acceptors (Lipinski definition) is 1. The third-order valence-corrected chi connectivity index (χ3v) is 5.75. The highest BCUT2D eigenvalue weighted by Gasteiger charge is 2.52. The Bertz CT molecular complexity index is 293. The minimum atomic E-state index is 0.669. The molecule has 0 atom stereocenters. The van der Waals surface area contributed by atoms with E-state index >= 15 is 0 Å². The van der Waals surface area contributed by atoms with Gasteiger partial charge in [0.1, 0.15) is 0 Å². The Labute approximate surface area is 98.7 Å². The van der Waals surface area contributed by atoms with E-state index in [0.29, 0.717) is 5.41 Å². The molecular formula is C15H23N. The molecule has 1 nitrogen and oxygen atoms in total.